The highest BCUT2D eigenvalue weighted by Crippen LogP contribution is 2.27. The van der Waals surface area contributed by atoms with Crippen LogP contribution in [-0.2, 0) is 16.0 Å². The molecular formula is C26H28O7. The molecule has 7 heteroatoms. The molecule has 0 saturated carbocycles. The van der Waals surface area contributed by atoms with Gasteiger partial charge in [0.05, 0.1) is 20.3 Å². The van der Waals surface area contributed by atoms with Crippen LogP contribution in [0, 0.1) is 0 Å². The maximum absolute atomic E-state index is 11.2. The van der Waals surface area contributed by atoms with E-state index in [-0.39, 0.29) is 6.42 Å². The Morgan fingerprint density at radius 2 is 1.42 bits per heavy atom. The Hall–Kier alpha value is -3.71. The molecule has 3 aromatic carbocycles. The Kier molecular flexibility index (Phi) is 8.97. The smallest absolute Gasteiger partial charge is 0.333 e. The molecule has 1 N–H and O–H groups in total. The van der Waals surface area contributed by atoms with Crippen molar-refractivity contribution >= 4 is 5.97 Å². The third-order valence-corrected chi connectivity index (χ3v) is 4.85. The maximum Gasteiger partial charge on any atom is 0.333 e. The van der Waals surface area contributed by atoms with E-state index in [2.05, 4.69) is 0 Å². The normalized spacial score (nSPS) is 11.5. The molecule has 0 aliphatic rings. The van der Waals surface area contributed by atoms with Gasteiger partial charge >= 0.3 is 5.97 Å². The number of carboxylic acids is 1. The van der Waals surface area contributed by atoms with Crippen molar-refractivity contribution in [2.75, 3.05) is 27.4 Å². The third-order valence-electron chi connectivity index (χ3n) is 4.85. The van der Waals surface area contributed by atoms with Gasteiger partial charge in [0.2, 0.25) is 0 Å². The van der Waals surface area contributed by atoms with E-state index in [1.54, 1.807) is 18.2 Å². The summed E-state index contributed by atoms with van der Waals surface area (Å²) in [5, 5.41) is 9.17. The molecule has 1 unspecified atom stereocenters. The molecule has 0 aliphatic carbocycles. The van der Waals surface area contributed by atoms with Crippen molar-refractivity contribution in [2.24, 2.45) is 0 Å². The van der Waals surface area contributed by atoms with E-state index in [0.717, 1.165) is 22.8 Å². The summed E-state index contributed by atoms with van der Waals surface area (Å²) < 4.78 is 27.7. The molecule has 0 aromatic heterocycles. The van der Waals surface area contributed by atoms with Crippen LogP contribution in [0.25, 0.3) is 0 Å². The molecule has 1 atom stereocenters. The molecule has 0 heterocycles. The van der Waals surface area contributed by atoms with E-state index in [1.165, 1.54) is 14.2 Å². The molecule has 174 valence electrons. The van der Waals surface area contributed by atoms with Crippen LogP contribution in [-0.4, -0.2) is 44.6 Å². The summed E-state index contributed by atoms with van der Waals surface area (Å²) in [6.45, 7) is 0.968. The first-order valence-corrected chi connectivity index (χ1v) is 10.6. The largest absolute Gasteiger partial charge is 0.496 e. The lowest BCUT2D eigenvalue weighted by Gasteiger charge is -2.15. The second-order valence-corrected chi connectivity index (χ2v) is 7.18. The summed E-state index contributed by atoms with van der Waals surface area (Å²) in [6, 6.07) is 22.4. The number of carboxylic acid groups (broad SMARTS) is 1. The minimum absolute atomic E-state index is 0.207. The van der Waals surface area contributed by atoms with Crippen molar-refractivity contribution in [1.29, 1.82) is 0 Å². The van der Waals surface area contributed by atoms with E-state index in [0.29, 0.717) is 31.1 Å². The highest BCUT2D eigenvalue weighted by atomic mass is 16.5. The minimum Gasteiger partial charge on any atom is -0.496 e. The zero-order valence-corrected chi connectivity index (χ0v) is 18.7. The Balaban J connectivity index is 1.42. The Labute approximate surface area is 193 Å². The number of hydrogen-bond donors (Lipinski definition) is 1. The van der Waals surface area contributed by atoms with E-state index in [1.807, 2.05) is 54.6 Å². The van der Waals surface area contributed by atoms with Gasteiger partial charge in [0, 0.05) is 26.0 Å². The molecule has 0 bridgehead atoms. The fourth-order valence-electron chi connectivity index (χ4n) is 3.12. The van der Waals surface area contributed by atoms with Gasteiger partial charge in [0.15, 0.2) is 6.10 Å². The average Bonchev–Trinajstić information content (AvgIpc) is 2.84. The molecule has 0 spiro atoms. The van der Waals surface area contributed by atoms with Gasteiger partial charge in [-0.05, 0) is 48.0 Å². The quantitative estimate of drug-likeness (QED) is 0.366. The van der Waals surface area contributed by atoms with Crippen LogP contribution in [0.3, 0.4) is 0 Å². The minimum atomic E-state index is -1.02. The fourth-order valence-corrected chi connectivity index (χ4v) is 3.12. The number of ether oxygens (including phenoxy) is 5. The fraction of sp³-hybridized carbons (Fsp3) is 0.269. The van der Waals surface area contributed by atoms with Crippen LogP contribution in [0.2, 0.25) is 0 Å². The second-order valence-electron chi connectivity index (χ2n) is 7.18. The predicted molar refractivity (Wildman–Crippen MR) is 124 cm³/mol. The first-order valence-electron chi connectivity index (χ1n) is 10.6. The molecule has 3 rings (SSSR count). The van der Waals surface area contributed by atoms with Crippen molar-refractivity contribution in [3.8, 4) is 28.7 Å². The van der Waals surface area contributed by atoms with Crippen LogP contribution >= 0.6 is 0 Å². The summed E-state index contributed by atoms with van der Waals surface area (Å²) in [6.07, 6.45) is -0.0307. The SMILES string of the molecule is COc1cc(OCCCOc2ccc(Oc3ccccc3)cc2)ccc1CC(OC)C(=O)O. The van der Waals surface area contributed by atoms with Gasteiger partial charge in [-0.2, -0.15) is 0 Å². The number of methoxy groups -OCH3 is 2. The highest BCUT2D eigenvalue weighted by Gasteiger charge is 2.19. The Bertz CT molecular complexity index is 1000. The monoisotopic (exact) mass is 452 g/mol. The Morgan fingerprint density at radius 3 is 2.06 bits per heavy atom. The standard InChI is InChI=1S/C26H28O7/c1-29-24-18-23(10-9-19(24)17-25(30-2)26(27)28)32-16-6-15-31-20-11-13-22(14-12-20)33-21-7-4-3-5-8-21/h3-5,7-14,18,25H,6,15-17H2,1-2H3,(H,27,28). The second kappa shape index (κ2) is 12.4. The predicted octanol–water partition coefficient (Wildman–Crippen LogP) is 4.98. The zero-order valence-electron chi connectivity index (χ0n) is 18.7. The number of benzene rings is 3. The Morgan fingerprint density at radius 1 is 0.818 bits per heavy atom. The van der Waals surface area contributed by atoms with Gasteiger partial charge in [0.25, 0.3) is 0 Å². The van der Waals surface area contributed by atoms with Crippen LogP contribution in [0.4, 0.5) is 0 Å². The first kappa shape index (κ1) is 23.9. The number of hydrogen-bond acceptors (Lipinski definition) is 6. The van der Waals surface area contributed by atoms with Gasteiger partial charge in [-0.15, -0.1) is 0 Å². The average molecular weight is 453 g/mol. The van der Waals surface area contributed by atoms with Crippen molar-refractivity contribution in [3.05, 3.63) is 78.4 Å². The summed E-state index contributed by atoms with van der Waals surface area (Å²) in [5.41, 5.74) is 0.738. The van der Waals surface area contributed by atoms with E-state index in [9.17, 15) is 4.79 Å². The first-order chi connectivity index (χ1) is 16.1. The number of carbonyl (C=O) groups is 1. The summed E-state index contributed by atoms with van der Waals surface area (Å²) in [4.78, 5) is 11.2. The van der Waals surface area contributed by atoms with Gasteiger partial charge in [-0.1, -0.05) is 24.3 Å². The number of aliphatic carboxylic acids is 1. The van der Waals surface area contributed by atoms with E-state index < -0.39 is 12.1 Å². The molecule has 0 amide bonds. The van der Waals surface area contributed by atoms with Crippen molar-refractivity contribution < 1.29 is 33.6 Å². The van der Waals surface area contributed by atoms with Crippen LogP contribution < -0.4 is 18.9 Å². The van der Waals surface area contributed by atoms with E-state index >= 15 is 0 Å². The summed E-state index contributed by atoms with van der Waals surface area (Å²) in [5.74, 6) is 2.47. The van der Waals surface area contributed by atoms with Crippen molar-refractivity contribution in [3.63, 3.8) is 0 Å². The molecule has 3 aromatic rings. The highest BCUT2D eigenvalue weighted by molar-refractivity contribution is 5.73. The van der Waals surface area contributed by atoms with Gasteiger partial charge in [-0.25, -0.2) is 4.79 Å². The molecule has 0 radical (unpaired) electrons. The lowest BCUT2D eigenvalue weighted by molar-refractivity contribution is -0.148. The zero-order chi connectivity index (χ0) is 23.5. The summed E-state index contributed by atoms with van der Waals surface area (Å²) in [7, 11) is 2.91. The molecule has 0 aliphatic heterocycles. The van der Waals surface area contributed by atoms with Crippen LogP contribution in [0.1, 0.15) is 12.0 Å². The topological polar surface area (TPSA) is 83.5 Å². The molecule has 33 heavy (non-hydrogen) atoms. The number of rotatable bonds is 13. The van der Waals surface area contributed by atoms with Gasteiger partial charge in [-0.3, -0.25) is 0 Å². The molecule has 0 fully saturated rings. The maximum atomic E-state index is 11.2. The lowest BCUT2D eigenvalue weighted by Crippen LogP contribution is -2.25. The third kappa shape index (κ3) is 7.43. The van der Waals surface area contributed by atoms with Crippen molar-refractivity contribution in [1.82, 2.24) is 0 Å². The van der Waals surface area contributed by atoms with Gasteiger partial charge < -0.3 is 28.8 Å². The summed E-state index contributed by atoms with van der Waals surface area (Å²) >= 11 is 0. The molecule has 7 nitrogen and oxygen atoms in total. The number of para-hydroxylation sites is 1. The van der Waals surface area contributed by atoms with Gasteiger partial charge in [0.1, 0.15) is 28.7 Å². The van der Waals surface area contributed by atoms with Crippen LogP contribution in [0.15, 0.2) is 72.8 Å². The lowest BCUT2D eigenvalue weighted by atomic mass is 10.1. The van der Waals surface area contributed by atoms with Crippen molar-refractivity contribution in [2.45, 2.75) is 18.9 Å². The molecular weight excluding hydrogens is 424 g/mol. The van der Waals surface area contributed by atoms with Crippen LogP contribution in [0.5, 0.6) is 28.7 Å². The van der Waals surface area contributed by atoms with E-state index in [4.69, 9.17) is 28.8 Å². The molecule has 0 saturated heterocycles.